The molecule has 1 aromatic heterocycles. The summed E-state index contributed by atoms with van der Waals surface area (Å²) in [5.41, 5.74) is 3.23. The minimum absolute atomic E-state index is 0. The number of nitrogens with zero attached hydrogens (tertiary/aromatic N) is 1. The minimum atomic E-state index is -0.190. The number of anilines is 1. The van der Waals surface area contributed by atoms with E-state index in [4.69, 9.17) is 4.74 Å². The van der Waals surface area contributed by atoms with Gasteiger partial charge >= 0.3 is 29.6 Å². The first kappa shape index (κ1) is 23.2. The second kappa shape index (κ2) is 12.5. The molecule has 0 fully saturated rings. The van der Waals surface area contributed by atoms with E-state index in [9.17, 15) is 4.79 Å². The van der Waals surface area contributed by atoms with Gasteiger partial charge in [-0.25, -0.2) is 4.98 Å². The molecule has 0 aliphatic rings. The van der Waals surface area contributed by atoms with Crippen LogP contribution in [0.3, 0.4) is 0 Å². The molecule has 0 aliphatic carbocycles. The molecule has 0 unspecified atom stereocenters. The molecule has 0 bridgehead atoms. The van der Waals surface area contributed by atoms with Gasteiger partial charge in [-0.1, -0.05) is 23.3 Å². The second-order valence-corrected chi connectivity index (χ2v) is 6.38. The van der Waals surface area contributed by atoms with Gasteiger partial charge in [-0.2, -0.15) is 0 Å². The summed E-state index contributed by atoms with van der Waals surface area (Å²) in [6.45, 7) is 6.87. The molecule has 1 amide bonds. The van der Waals surface area contributed by atoms with E-state index in [1.165, 1.54) is 11.1 Å². The van der Waals surface area contributed by atoms with Gasteiger partial charge in [0.05, 0.1) is 0 Å². The van der Waals surface area contributed by atoms with Gasteiger partial charge in [-0.3, -0.25) is 4.79 Å². The molecule has 0 saturated carbocycles. The normalized spacial score (nSPS) is 10.6. The van der Waals surface area contributed by atoms with Crippen molar-refractivity contribution in [2.75, 3.05) is 11.9 Å². The van der Waals surface area contributed by atoms with E-state index >= 15 is 0 Å². The Morgan fingerprint density at radius 3 is 2.44 bits per heavy atom. The third-order valence-corrected chi connectivity index (χ3v) is 3.80. The van der Waals surface area contributed by atoms with E-state index in [2.05, 4.69) is 43.2 Å². The average molecular weight is 374 g/mol. The number of pyridine rings is 1. The number of benzene rings is 1. The molecule has 2 aromatic rings. The van der Waals surface area contributed by atoms with Crippen LogP contribution in [0.1, 0.15) is 44.0 Å². The van der Waals surface area contributed by atoms with Crippen molar-refractivity contribution in [3.05, 3.63) is 77.5 Å². The molecule has 4 nitrogen and oxygen atoms in total. The number of carbonyl (C=O) groups is 1. The SMILES string of the molecule is CC(C)=CCC/C(C)=C/COc1ccc(C(=O)Nc2ccccn2)cc1.[NaH]. The Labute approximate surface area is 184 Å². The summed E-state index contributed by atoms with van der Waals surface area (Å²) in [7, 11) is 0. The summed E-state index contributed by atoms with van der Waals surface area (Å²) < 4.78 is 5.72. The number of hydrogen-bond donors (Lipinski definition) is 1. The predicted octanol–water partition coefficient (Wildman–Crippen LogP) is 4.76. The number of aromatic nitrogens is 1. The van der Waals surface area contributed by atoms with E-state index in [-0.39, 0.29) is 35.5 Å². The molecular formula is C22H27N2NaO2. The molecule has 1 N–H and O–H groups in total. The van der Waals surface area contributed by atoms with E-state index < -0.39 is 0 Å². The Kier molecular flexibility index (Phi) is 10.7. The summed E-state index contributed by atoms with van der Waals surface area (Å²) in [5, 5.41) is 2.76. The molecule has 1 heterocycles. The van der Waals surface area contributed by atoms with Gasteiger partial charge in [0.25, 0.3) is 5.91 Å². The zero-order valence-corrected chi connectivity index (χ0v) is 15.7. The van der Waals surface area contributed by atoms with Crippen LogP contribution in [-0.2, 0) is 0 Å². The van der Waals surface area contributed by atoms with Gasteiger partial charge in [0, 0.05) is 11.8 Å². The van der Waals surface area contributed by atoms with E-state index in [0.29, 0.717) is 18.0 Å². The Bertz CT molecular complexity index is 765. The average Bonchev–Trinajstić information content (AvgIpc) is 2.63. The van der Waals surface area contributed by atoms with Crippen molar-refractivity contribution in [1.82, 2.24) is 4.98 Å². The Balaban J connectivity index is 0.00000364. The Morgan fingerprint density at radius 2 is 1.81 bits per heavy atom. The predicted molar refractivity (Wildman–Crippen MR) is 114 cm³/mol. The van der Waals surface area contributed by atoms with Crippen molar-refractivity contribution < 1.29 is 9.53 Å². The van der Waals surface area contributed by atoms with Crippen LogP contribution in [0.25, 0.3) is 0 Å². The summed E-state index contributed by atoms with van der Waals surface area (Å²) in [6.07, 6.45) is 8.08. The number of rotatable bonds is 8. The summed E-state index contributed by atoms with van der Waals surface area (Å²) in [6, 6.07) is 12.5. The summed E-state index contributed by atoms with van der Waals surface area (Å²) in [5.74, 6) is 1.09. The monoisotopic (exact) mass is 374 g/mol. The first-order valence-corrected chi connectivity index (χ1v) is 8.79. The molecular weight excluding hydrogens is 347 g/mol. The van der Waals surface area contributed by atoms with E-state index in [0.717, 1.165) is 18.6 Å². The molecule has 0 aliphatic heterocycles. The van der Waals surface area contributed by atoms with Crippen molar-refractivity contribution in [1.29, 1.82) is 0 Å². The van der Waals surface area contributed by atoms with Crippen LogP contribution in [0, 0.1) is 0 Å². The molecule has 0 atom stereocenters. The number of nitrogens with one attached hydrogen (secondary N) is 1. The molecule has 1 aromatic carbocycles. The van der Waals surface area contributed by atoms with Gasteiger partial charge in [-0.05, 0) is 76.1 Å². The van der Waals surface area contributed by atoms with Crippen molar-refractivity contribution >= 4 is 41.3 Å². The summed E-state index contributed by atoms with van der Waals surface area (Å²) >= 11 is 0. The molecule has 5 heteroatoms. The maximum atomic E-state index is 12.2. The fourth-order valence-electron chi connectivity index (χ4n) is 2.30. The number of amides is 1. The van der Waals surface area contributed by atoms with Gasteiger partial charge in [0.15, 0.2) is 0 Å². The number of ether oxygens (including phenoxy) is 1. The van der Waals surface area contributed by atoms with Crippen LogP contribution in [0.15, 0.2) is 72.0 Å². The third kappa shape index (κ3) is 9.05. The van der Waals surface area contributed by atoms with Gasteiger partial charge in [-0.15, -0.1) is 0 Å². The van der Waals surface area contributed by atoms with Crippen LogP contribution in [-0.4, -0.2) is 47.1 Å². The standard InChI is InChI=1S/C22H26N2O2.Na.H/c1-17(2)7-6-8-18(3)14-16-26-20-12-10-19(11-13-20)22(25)24-21-9-4-5-15-23-21;;/h4-5,7,9-15H,6,8,16H2,1-3H3,(H,23,24,25);;/b18-14+;;. The summed E-state index contributed by atoms with van der Waals surface area (Å²) in [4.78, 5) is 16.3. The molecule has 0 saturated heterocycles. The van der Waals surface area contributed by atoms with Crippen LogP contribution in [0.2, 0.25) is 0 Å². The first-order valence-electron chi connectivity index (χ1n) is 8.79. The number of allylic oxidation sites excluding steroid dienone is 3. The van der Waals surface area contributed by atoms with Crippen LogP contribution in [0.5, 0.6) is 5.75 Å². The first-order chi connectivity index (χ1) is 12.5. The van der Waals surface area contributed by atoms with E-state index in [1.807, 2.05) is 6.07 Å². The van der Waals surface area contributed by atoms with Gasteiger partial charge in [0.2, 0.25) is 0 Å². The van der Waals surface area contributed by atoms with Crippen molar-refractivity contribution in [2.45, 2.75) is 33.6 Å². The van der Waals surface area contributed by atoms with Crippen molar-refractivity contribution in [3.8, 4) is 5.75 Å². The molecule has 2 rings (SSSR count). The van der Waals surface area contributed by atoms with Crippen LogP contribution in [0.4, 0.5) is 5.82 Å². The van der Waals surface area contributed by atoms with Gasteiger partial charge < -0.3 is 10.1 Å². The van der Waals surface area contributed by atoms with Crippen molar-refractivity contribution in [2.24, 2.45) is 0 Å². The van der Waals surface area contributed by atoms with Crippen molar-refractivity contribution in [3.63, 3.8) is 0 Å². The number of carbonyl (C=O) groups excluding carboxylic acids is 1. The number of hydrogen-bond acceptors (Lipinski definition) is 3. The molecule has 0 spiro atoms. The van der Waals surface area contributed by atoms with Gasteiger partial charge in [0.1, 0.15) is 18.2 Å². The second-order valence-electron chi connectivity index (χ2n) is 6.38. The Hall–Kier alpha value is -1.88. The van der Waals surface area contributed by atoms with E-state index in [1.54, 1.807) is 42.6 Å². The zero-order chi connectivity index (χ0) is 18.8. The maximum absolute atomic E-state index is 12.2. The topological polar surface area (TPSA) is 51.2 Å². The Morgan fingerprint density at radius 1 is 1.07 bits per heavy atom. The van der Waals surface area contributed by atoms with Crippen LogP contribution < -0.4 is 10.1 Å². The molecule has 27 heavy (non-hydrogen) atoms. The third-order valence-electron chi connectivity index (χ3n) is 3.80. The quantitative estimate of drug-likeness (QED) is 0.535. The fraction of sp³-hybridized carbons (Fsp3) is 0.273. The van der Waals surface area contributed by atoms with Crippen LogP contribution >= 0.6 is 0 Å². The fourth-order valence-corrected chi connectivity index (χ4v) is 2.30. The zero-order valence-electron chi connectivity index (χ0n) is 15.7. The molecule has 138 valence electrons. The molecule has 0 radical (unpaired) electrons.